The normalized spacial score (nSPS) is 20.0. The van der Waals surface area contributed by atoms with Crippen LogP contribution in [0.2, 0.25) is 5.04 Å². The van der Waals surface area contributed by atoms with Crippen molar-refractivity contribution < 1.29 is 28.2 Å². The van der Waals surface area contributed by atoms with E-state index in [1.807, 2.05) is 97.1 Å². The Morgan fingerprint density at radius 2 is 1.35 bits per heavy atom. The van der Waals surface area contributed by atoms with Crippen LogP contribution in [0.1, 0.15) is 57.0 Å². The molecule has 11 heteroatoms. The zero-order valence-corrected chi connectivity index (χ0v) is 33.1. The Kier molecular flexibility index (Phi) is 12.5. The molecule has 5 aromatic rings. The molecule has 0 radical (unpaired) electrons. The Morgan fingerprint density at radius 3 is 1.87 bits per heavy atom. The lowest BCUT2D eigenvalue weighted by molar-refractivity contribution is -0.165. The van der Waals surface area contributed by atoms with Gasteiger partial charge in [-0.15, -0.1) is 0 Å². The van der Waals surface area contributed by atoms with Crippen LogP contribution in [0.5, 0.6) is 0 Å². The quantitative estimate of drug-likeness (QED) is 0.105. The van der Waals surface area contributed by atoms with Gasteiger partial charge in [0.15, 0.2) is 12.3 Å². The van der Waals surface area contributed by atoms with Gasteiger partial charge in [-0.3, -0.25) is 19.1 Å². The number of hydrogen-bond donors (Lipinski definition) is 1. The van der Waals surface area contributed by atoms with Gasteiger partial charge in [-0.25, -0.2) is 4.79 Å². The molecule has 0 spiro atoms. The molecule has 4 atom stereocenters. The Bertz CT molecular complexity index is 2080. The zero-order chi connectivity index (χ0) is 39.1. The smallest absolute Gasteiger partial charge is 0.330 e. The summed E-state index contributed by atoms with van der Waals surface area (Å²) < 4.78 is 35.0. The Labute approximate surface area is 323 Å². The number of aromatic amines is 1. The molecule has 1 fully saturated rings. The number of ether oxygens (including phenoxy) is 4. The summed E-state index contributed by atoms with van der Waals surface area (Å²) in [4.78, 5) is 41.2. The molecule has 2 unspecified atom stereocenters. The second-order valence-electron chi connectivity index (χ2n) is 15.1. The van der Waals surface area contributed by atoms with Crippen LogP contribution < -0.4 is 21.6 Å². The number of benzene rings is 4. The van der Waals surface area contributed by atoms with E-state index in [2.05, 4.69) is 50.0 Å². The summed E-state index contributed by atoms with van der Waals surface area (Å²) in [5.41, 5.74) is -0.378. The number of hydrogen-bond acceptors (Lipinski definition) is 8. The fraction of sp³-hybridized carbons (Fsp3) is 0.341. The van der Waals surface area contributed by atoms with Crippen LogP contribution in [-0.4, -0.2) is 54.9 Å². The first-order valence-electron chi connectivity index (χ1n) is 18.6. The Morgan fingerprint density at radius 1 is 0.818 bits per heavy atom. The molecule has 0 amide bonds. The molecular formula is C44H50N2O8Si. The molecular weight excluding hydrogens is 713 g/mol. The van der Waals surface area contributed by atoms with Gasteiger partial charge < -0.3 is 23.4 Å². The monoisotopic (exact) mass is 762 g/mol. The minimum atomic E-state index is -3.00. The second kappa shape index (κ2) is 17.3. The van der Waals surface area contributed by atoms with Gasteiger partial charge in [-0.05, 0) is 33.5 Å². The van der Waals surface area contributed by atoms with Crippen LogP contribution in [0, 0.1) is 6.92 Å². The molecule has 0 aliphatic carbocycles. The van der Waals surface area contributed by atoms with Crippen LogP contribution in [0.25, 0.3) is 0 Å². The maximum Gasteiger partial charge on any atom is 0.330 e. The molecule has 1 N–H and O–H groups in total. The van der Waals surface area contributed by atoms with Crippen molar-refractivity contribution in [2.75, 3.05) is 13.2 Å². The number of aromatic nitrogens is 2. The van der Waals surface area contributed by atoms with E-state index in [0.29, 0.717) is 5.56 Å². The number of nitrogens with one attached hydrogen (secondary N) is 1. The van der Waals surface area contributed by atoms with Gasteiger partial charge >= 0.3 is 11.7 Å². The van der Waals surface area contributed by atoms with E-state index in [4.69, 9.17) is 23.4 Å². The highest BCUT2D eigenvalue weighted by Crippen LogP contribution is 2.44. The zero-order valence-electron chi connectivity index (χ0n) is 32.1. The molecule has 10 nitrogen and oxygen atoms in total. The van der Waals surface area contributed by atoms with Crippen molar-refractivity contribution in [3.05, 3.63) is 165 Å². The lowest BCUT2D eigenvalue weighted by Crippen LogP contribution is -2.67. The first-order valence-corrected chi connectivity index (χ1v) is 20.5. The number of carbonyl (C=O) groups is 1. The third-order valence-electron chi connectivity index (χ3n) is 10.2. The van der Waals surface area contributed by atoms with Crippen molar-refractivity contribution in [3.63, 3.8) is 0 Å². The standard InChI is InChI=1S/C44H50N2O8Si/c1-32-28-46(42(49)45-40(32)48)41-38(53-33(2)47)39(51-30-35-20-12-7-13-21-35)44(54-41,31-50-29-34-18-10-6-11-19-34)26-27-52-55(43(3,4)5,36-22-14-8-15-23-36)37-24-16-9-17-25-37/h6-25,28,38-39,41H,26-27,29-31H2,1-5H3,(H,45,48,49)/t38?,39?,41-,44-/m1/s1. The number of aryl methyl sites for hydroxylation is 1. The summed E-state index contributed by atoms with van der Waals surface area (Å²) in [7, 11) is -3.00. The highest BCUT2D eigenvalue weighted by Gasteiger charge is 2.59. The van der Waals surface area contributed by atoms with Crippen molar-refractivity contribution in [1.29, 1.82) is 0 Å². The summed E-state index contributed by atoms with van der Waals surface area (Å²) >= 11 is 0. The third-order valence-corrected chi connectivity index (χ3v) is 15.2. The molecule has 4 aromatic carbocycles. The van der Waals surface area contributed by atoms with E-state index in [1.54, 1.807) is 6.92 Å². The van der Waals surface area contributed by atoms with Crippen molar-refractivity contribution >= 4 is 24.7 Å². The van der Waals surface area contributed by atoms with Crippen LogP contribution in [0.3, 0.4) is 0 Å². The van der Waals surface area contributed by atoms with E-state index >= 15 is 0 Å². The highest BCUT2D eigenvalue weighted by atomic mass is 28.4. The summed E-state index contributed by atoms with van der Waals surface area (Å²) in [6, 6.07) is 40.2. The van der Waals surface area contributed by atoms with Gasteiger partial charge in [-0.1, -0.05) is 142 Å². The highest BCUT2D eigenvalue weighted by molar-refractivity contribution is 6.99. The summed E-state index contributed by atoms with van der Waals surface area (Å²) in [5, 5.41) is 1.95. The fourth-order valence-corrected chi connectivity index (χ4v) is 12.1. The summed E-state index contributed by atoms with van der Waals surface area (Å²) in [6.07, 6.45) is -1.52. The minimum Gasteiger partial charge on any atom is -0.455 e. The van der Waals surface area contributed by atoms with Crippen LogP contribution in [0.15, 0.2) is 137 Å². The summed E-state index contributed by atoms with van der Waals surface area (Å²) in [5.74, 6) is -0.578. The average Bonchev–Trinajstić information content (AvgIpc) is 3.46. The molecule has 1 aliphatic heterocycles. The molecule has 1 aliphatic rings. The molecule has 0 saturated carbocycles. The molecule has 6 rings (SSSR count). The van der Waals surface area contributed by atoms with Gasteiger partial charge in [0.25, 0.3) is 13.9 Å². The van der Waals surface area contributed by atoms with E-state index in [-0.39, 0.29) is 37.9 Å². The Balaban J connectivity index is 1.46. The van der Waals surface area contributed by atoms with E-state index in [9.17, 15) is 14.4 Å². The van der Waals surface area contributed by atoms with Gasteiger partial charge in [0.1, 0.15) is 11.7 Å². The van der Waals surface area contributed by atoms with Gasteiger partial charge in [0.2, 0.25) is 0 Å². The first-order chi connectivity index (χ1) is 26.4. The van der Waals surface area contributed by atoms with E-state index in [0.717, 1.165) is 21.5 Å². The minimum absolute atomic E-state index is 0.0107. The van der Waals surface area contributed by atoms with Crippen molar-refractivity contribution in [2.45, 2.75) is 83.3 Å². The van der Waals surface area contributed by atoms with Crippen LogP contribution in [0.4, 0.5) is 0 Å². The number of H-pyrrole nitrogens is 1. The molecule has 2 heterocycles. The number of rotatable bonds is 15. The molecule has 1 saturated heterocycles. The molecule has 288 valence electrons. The first kappa shape index (κ1) is 39.8. The molecule has 0 bridgehead atoms. The van der Waals surface area contributed by atoms with Crippen LogP contribution in [-0.2, 0) is 41.4 Å². The van der Waals surface area contributed by atoms with Crippen molar-refractivity contribution in [2.24, 2.45) is 0 Å². The fourth-order valence-electron chi connectivity index (χ4n) is 7.58. The average molecular weight is 763 g/mol. The largest absolute Gasteiger partial charge is 0.455 e. The van der Waals surface area contributed by atoms with Crippen LogP contribution >= 0.6 is 0 Å². The lowest BCUT2D eigenvalue weighted by atomic mass is 9.92. The lowest BCUT2D eigenvalue weighted by Gasteiger charge is -2.44. The van der Waals surface area contributed by atoms with E-state index < -0.39 is 49.6 Å². The van der Waals surface area contributed by atoms with Crippen molar-refractivity contribution in [3.8, 4) is 0 Å². The number of esters is 1. The van der Waals surface area contributed by atoms with Gasteiger partial charge in [0, 0.05) is 31.7 Å². The Hall–Kier alpha value is -4.91. The molecule has 1 aromatic heterocycles. The van der Waals surface area contributed by atoms with Gasteiger partial charge in [-0.2, -0.15) is 0 Å². The number of nitrogens with zero attached hydrogens (tertiary/aromatic N) is 1. The number of carbonyl (C=O) groups excluding carboxylic acids is 1. The second-order valence-corrected chi connectivity index (χ2v) is 19.4. The predicted molar refractivity (Wildman–Crippen MR) is 214 cm³/mol. The van der Waals surface area contributed by atoms with E-state index in [1.165, 1.54) is 17.7 Å². The topological polar surface area (TPSA) is 118 Å². The predicted octanol–water partition coefficient (Wildman–Crippen LogP) is 5.81. The SMILES string of the molecule is CC(=O)OC1C(OCc2ccccc2)[C@@](CCO[Si](c2ccccc2)(c2ccccc2)C(C)(C)C)(COCc2ccccc2)O[C@H]1n1cc(C)c(=O)[nH]c1=O. The summed E-state index contributed by atoms with van der Waals surface area (Å²) in [6.45, 7) is 10.2. The molecule has 55 heavy (non-hydrogen) atoms. The maximum atomic E-state index is 13.5. The third kappa shape index (κ3) is 8.82. The maximum absolute atomic E-state index is 13.5. The van der Waals surface area contributed by atoms with Crippen molar-refractivity contribution in [1.82, 2.24) is 9.55 Å². The van der Waals surface area contributed by atoms with Gasteiger partial charge in [0.05, 0.1) is 19.8 Å².